The van der Waals surface area contributed by atoms with Crippen LogP contribution in [0.25, 0.3) is 0 Å². The van der Waals surface area contributed by atoms with Gasteiger partial charge >= 0.3 is 5.97 Å². The van der Waals surface area contributed by atoms with Gasteiger partial charge in [-0.2, -0.15) is 0 Å². The second kappa shape index (κ2) is 5.79. The van der Waals surface area contributed by atoms with Gasteiger partial charge in [-0.3, -0.25) is 4.79 Å². The number of esters is 1. The van der Waals surface area contributed by atoms with E-state index in [0.29, 0.717) is 17.8 Å². The van der Waals surface area contributed by atoms with Crippen LogP contribution in [0.5, 0.6) is 0 Å². The standard InChI is InChI=1S/C21H32O2/c1-14(2)15-7-9-17-16(13-15)8-10-18-20(17,3)11-6-12-21(18,4)19(22)23-5/h8,13-14,17-18H,6-7,9-12H2,1-5H3/t17-,18-,20-,21-/m1/s1. The normalized spacial score (nSPS) is 39.9. The van der Waals surface area contributed by atoms with Crippen LogP contribution in [0.3, 0.4) is 0 Å². The largest absolute Gasteiger partial charge is 0.469 e. The lowest BCUT2D eigenvalue weighted by molar-refractivity contribution is -0.166. The van der Waals surface area contributed by atoms with E-state index in [0.717, 1.165) is 19.3 Å². The van der Waals surface area contributed by atoms with Gasteiger partial charge in [-0.1, -0.05) is 44.9 Å². The first-order valence-electron chi connectivity index (χ1n) is 9.32. The minimum absolute atomic E-state index is 0.000467. The van der Waals surface area contributed by atoms with Gasteiger partial charge in [0, 0.05) is 0 Å². The molecule has 4 atom stereocenters. The molecule has 1 saturated carbocycles. The average molecular weight is 316 g/mol. The second-order valence-electron chi connectivity index (χ2n) is 8.73. The summed E-state index contributed by atoms with van der Waals surface area (Å²) in [5.74, 6) is 1.68. The zero-order valence-electron chi connectivity index (χ0n) is 15.4. The molecule has 2 heteroatoms. The summed E-state index contributed by atoms with van der Waals surface area (Å²) in [6, 6.07) is 0. The van der Waals surface area contributed by atoms with Gasteiger partial charge in [-0.15, -0.1) is 0 Å². The fourth-order valence-corrected chi connectivity index (χ4v) is 5.82. The zero-order chi connectivity index (χ0) is 16.8. The molecule has 0 amide bonds. The van der Waals surface area contributed by atoms with Crippen molar-refractivity contribution in [3.63, 3.8) is 0 Å². The van der Waals surface area contributed by atoms with E-state index in [4.69, 9.17) is 4.74 Å². The summed E-state index contributed by atoms with van der Waals surface area (Å²) in [6.45, 7) is 9.20. The van der Waals surface area contributed by atoms with E-state index in [-0.39, 0.29) is 16.8 Å². The Balaban J connectivity index is 1.99. The lowest BCUT2D eigenvalue weighted by Crippen LogP contribution is -2.53. The molecule has 3 rings (SSSR count). The molecule has 0 aromatic rings. The zero-order valence-corrected chi connectivity index (χ0v) is 15.4. The molecule has 2 nitrogen and oxygen atoms in total. The van der Waals surface area contributed by atoms with E-state index in [2.05, 4.69) is 39.8 Å². The smallest absolute Gasteiger partial charge is 0.311 e. The van der Waals surface area contributed by atoms with E-state index in [1.54, 1.807) is 18.3 Å². The third-order valence-corrected chi connectivity index (χ3v) is 7.23. The third kappa shape index (κ3) is 2.49. The van der Waals surface area contributed by atoms with Gasteiger partial charge in [-0.05, 0) is 67.8 Å². The molecule has 0 aromatic carbocycles. The quantitative estimate of drug-likeness (QED) is 0.647. The Morgan fingerprint density at radius 3 is 2.70 bits per heavy atom. The lowest BCUT2D eigenvalue weighted by atomic mass is 9.47. The van der Waals surface area contributed by atoms with Crippen molar-refractivity contribution < 1.29 is 9.53 Å². The lowest BCUT2D eigenvalue weighted by Gasteiger charge is -2.57. The van der Waals surface area contributed by atoms with Crippen LogP contribution in [0.15, 0.2) is 23.3 Å². The molecule has 3 aliphatic carbocycles. The Morgan fingerprint density at radius 1 is 1.30 bits per heavy atom. The van der Waals surface area contributed by atoms with Gasteiger partial charge < -0.3 is 4.74 Å². The van der Waals surface area contributed by atoms with E-state index in [1.807, 2.05) is 0 Å². The second-order valence-corrected chi connectivity index (χ2v) is 8.73. The molecule has 0 aromatic heterocycles. The third-order valence-electron chi connectivity index (χ3n) is 7.23. The van der Waals surface area contributed by atoms with Crippen LogP contribution in [0.2, 0.25) is 0 Å². The van der Waals surface area contributed by atoms with Gasteiger partial charge in [0.25, 0.3) is 0 Å². The van der Waals surface area contributed by atoms with Crippen molar-refractivity contribution in [3.8, 4) is 0 Å². The fourth-order valence-electron chi connectivity index (χ4n) is 5.82. The highest BCUT2D eigenvalue weighted by Crippen LogP contribution is 2.62. The van der Waals surface area contributed by atoms with Crippen molar-refractivity contribution >= 4 is 5.97 Å². The highest BCUT2D eigenvalue weighted by atomic mass is 16.5. The van der Waals surface area contributed by atoms with Crippen molar-refractivity contribution in [2.45, 2.75) is 66.2 Å². The minimum atomic E-state index is -0.314. The fraction of sp³-hybridized carbons (Fsp3) is 0.762. The maximum Gasteiger partial charge on any atom is 0.311 e. The van der Waals surface area contributed by atoms with E-state index < -0.39 is 0 Å². The van der Waals surface area contributed by atoms with Crippen molar-refractivity contribution in [2.75, 3.05) is 7.11 Å². The van der Waals surface area contributed by atoms with Crippen LogP contribution in [0.4, 0.5) is 0 Å². The van der Waals surface area contributed by atoms with Gasteiger partial charge in [0.15, 0.2) is 0 Å². The minimum Gasteiger partial charge on any atom is -0.469 e. The molecular formula is C21H32O2. The van der Waals surface area contributed by atoms with E-state index >= 15 is 0 Å². The van der Waals surface area contributed by atoms with Crippen LogP contribution in [-0.4, -0.2) is 13.1 Å². The molecule has 0 heterocycles. The topological polar surface area (TPSA) is 26.3 Å². The van der Waals surface area contributed by atoms with Crippen LogP contribution in [-0.2, 0) is 9.53 Å². The number of carbonyl (C=O) groups excluding carboxylic acids is 1. The molecule has 0 unspecified atom stereocenters. The molecule has 0 N–H and O–H groups in total. The molecule has 0 aliphatic heterocycles. The maximum atomic E-state index is 12.5. The van der Waals surface area contributed by atoms with Crippen molar-refractivity contribution in [1.29, 1.82) is 0 Å². The summed E-state index contributed by atoms with van der Waals surface area (Å²) >= 11 is 0. The highest BCUT2D eigenvalue weighted by Gasteiger charge is 2.57. The van der Waals surface area contributed by atoms with Crippen molar-refractivity contribution in [2.24, 2.45) is 28.6 Å². The maximum absolute atomic E-state index is 12.5. The summed E-state index contributed by atoms with van der Waals surface area (Å²) in [4.78, 5) is 12.5. The van der Waals surface area contributed by atoms with Crippen molar-refractivity contribution in [3.05, 3.63) is 23.3 Å². The Bertz CT molecular complexity index is 556. The van der Waals surface area contributed by atoms with E-state index in [9.17, 15) is 4.79 Å². The predicted octanol–water partition coefficient (Wildman–Crippen LogP) is 5.29. The van der Waals surface area contributed by atoms with Gasteiger partial charge in [0.1, 0.15) is 0 Å². The molecule has 23 heavy (non-hydrogen) atoms. The number of hydrogen-bond donors (Lipinski definition) is 0. The molecule has 128 valence electrons. The average Bonchev–Trinajstić information content (AvgIpc) is 2.53. The predicted molar refractivity (Wildman–Crippen MR) is 93.9 cm³/mol. The Kier molecular flexibility index (Phi) is 4.23. The van der Waals surface area contributed by atoms with E-state index in [1.165, 1.54) is 19.3 Å². The number of allylic oxidation sites excluding steroid dienone is 4. The summed E-state index contributed by atoms with van der Waals surface area (Å²) in [6.07, 6.45) is 11.8. The van der Waals surface area contributed by atoms with Gasteiger partial charge in [-0.25, -0.2) is 0 Å². The number of carbonyl (C=O) groups is 1. The number of hydrogen-bond acceptors (Lipinski definition) is 2. The van der Waals surface area contributed by atoms with Crippen LogP contribution >= 0.6 is 0 Å². The summed E-state index contributed by atoms with van der Waals surface area (Å²) < 4.78 is 5.20. The molecule has 3 aliphatic rings. The Labute approximate surface area is 141 Å². The Hall–Kier alpha value is -1.05. The summed E-state index contributed by atoms with van der Waals surface area (Å²) in [7, 11) is 1.54. The molecule has 0 spiro atoms. The number of rotatable bonds is 2. The first-order valence-corrected chi connectivity index (χ1v) is 9.32. The number of fused-ring (bicyclic) bond motifs is 3. The van der Waals surface area contributed by atoms with Crippen molar-refractivity contribution in [1.82, 2.24) is 0 Å². The van der Waals surface area contributed by atoms with Crippen LogP contribution in [0, 0.1) is 28.6 Å². The molecule has 1 fully saturated rings. The number of methoxy groups -OCH3 is 1. The van der Waals surface area contributed by atoms with Crippen LogP contribution in [0.1, 0.15) is 66.2 Å². The number of ether oxygens (including phenoxy) is 1. The SMILES string of the molecule is COC(=O)[C@]1(C)CCC[C@]2(C)[C@@H]3CCC(C(C)C)=CC3=CC[C@H]21. The first kappa shape index (κ1) is 16.8. The molecular weight excluding hydrogens is 284 g/mol. The Morgan fingerprint density at radius 2 is 2.04 bits per heavy atom. The summed E-state index contributed by atoms with van der Waals surface area (Å²) in [5, 5.41) is 0. The van der Waals surface area contributed by atoms with Gasteiger partial charge in [0.05, 0.1) is 12.5 Å². The van der Waals surface area contributed by atoms with Gasteiger partial charge in [0.2, 0.25) is 0 Å². The molecule has 0 radical (unpaired) electrons. The summed E-state index contributed by atoms with van der Waals surface area (Å²) in [5.41, 5.74) is 3.07. The first-order chi connectivity index (χ1) is 10.8. The molecule has 0 bridgehead atoms. The molecule has 0 saturated heterocycles. The monoisotopic (exact) mass is 316 g/mol. The van der Waals surface area contributed by atoms with Crippen LogP contribution < -0.4 is 0 Å². The highest BCUT2D eigenvalue weighted by molar-refractivity contribution is 5.77.